The van der Waals surface area contributed by atoms with Crippen LogP contribution in [0.4, 0.5) is 4.39 Å². The Bertz CT molecular complexity index is 498. The fourth-order valence-electron chi connectivity index (χ4n) is 3.84. The summed E-state index contributed by atoms with van der Waals surface area (Å²) in [6.07, 6.45) is 5.41. The molecule has 114 valence electrons. The Hall–Kier alpha value is -1.03. The zero-order valence-electron chi connectivity index (χ0n) is 12.2. The summed E-state index contributed by atoms with van der Waals surface area (Å²) in [5.41, 5.74) is 1.08. The second kappa shape index (κ2) is 6.39. The molecular formula is C17H22FNOS. The van der Waals surface area contributed by atoms with Crippen molar-refractivity contribution in [3.05, 3.63) is 35.6 Å². The zero-order chi connectivity index (χ0) is 14.8. The lowest BCUT2D eigenvalue weighted by Gasteiger charge is -2.33. The van der Waals surface area contributed by atoms with Gasteiger partial charge >= 0.3 is 0 Å². The van der Waals surface area contributed by atoms with Crippen LogP contribution >= 0.6 is 12.6 Å². The van der Waals surface area contributed by atoms with E-state index in [1.165, 1.54) is 25.0 Å². The third-order valence-corrected chi connectivity index (χ3v) is 5.41. The Morgan fingerprint density at radius 1 is 1.24 bits per heavy atom. The molecule has 0 aromatic heterocycles. The Labute approximate surface area is 131 Å². The molecule has 2 atom stereocenters. The average Bonchev–Trinajstić information content (AvgIpc) is 3.12. The number of carbonyl (C=O) groups is 1. The maximum atomic E-state index is 13.2. The largest absolute Gasteiger partial charge is 0.335 e. The van der Waals surface area contributed by atoms with Crippen molar-refractivity contribution >= 4 is 18.5 Å². The van der Waals surface area contributed by atoms with Crippen molar-refractivity contribution in [2.45, 2.75) is 38.1 Å². The SMILES string of the molecule is O=C1CC(CS)CN1C(c1ccc(F)cc1)C1CCCC1. The van der Waals surface area contributed by atoms with Gasteiger partial charge in [-0.05, 0) is 48.1 Å². The van der Waals surface area contributed by atoms with Crippen LogP contribution in [-0.4, -0.2) is 23.1 Å². The Kier molecular flexibility index (Phi) is 4.53. The lowest BCUT2D eigenvalue weighted by molar-refractivity contribution is -0.130. The molecule has 3 rings (SSSR count). The maximum Gasteiger partial charge on any atom is 0.223 e. The van der Waals surface area contributed by atoms with E-state index in [9.17, 15) is 9.18 Å². The van der Waals surface area contributed by atoms with Gasteiger partial charge in [0.25, 0.3) is 0 Å². The Balaban J connectivity index is 1.89. The molecule has 2 unspecified atom stereocenters. The fraction of sp³-hybridized carbons (Fsp3) is 0.588. The van der Waals surface area contributed by atoms with Gasteiger partial charge in [0.2, 0.25) is 5.91 Å². The number of carbonyl (C=O) groups excluding carboxylic acids is 1. The minimum atomic E-state index is -0.218. The molecule has 0 bridgehead atoms. The van der Waals surface area contributed by atoms with Gasteiger partial charge in [-0.25, -0.2) is 4.39 Å². The molecule has 2 aliphatic rings. The van der Waals surface area contributed by atoms with Gasteiger partial charge in [-0.15, -0.1) is 0 Å². The number of likely N-dealkylation sites (tertiary alicyclic amines) is 1. The molecule has 2 fully saturated rings. The van der Waals surface area contributed by atoms with Crippen LogP contribution in [0.3, 0.4) is 0 Å². The monoisotopic (exact) mass is 307 g/mol. The molecule has 0 radical (unpaired) electrons. The molecule has 1 saturated heterocycles. The standard InChI is InChI=1S/C17H22FNOS/c18-15-7-5-14(6-8-15)17(13-3-1-2-4-13)19-10-12(11-21)9-16(19)20/h5-8,12-13,17,21H,1-4,9-11H2. The van der Waals surface area contributed by atoms with E-state index < -0.39 is 0 Å². The first-order valence-corrected chi connectivity index (χ1v) is 8.48. The molecule has 1 heterocycles. The van der Waals surface area contributed by atoms with Gasteiger partial charge in [-0.3, -0.25) is 4.79 Å². The summed E-state index contributed by atoms with van der Waals surface area (Å²) in [6, 6.07) is 6.83. The van der Waals surface area contributed by atoms with Gasteiger partial charge in [0.15, 0.2) is 0 Å². The van der Waals surface area contributed by atoms with E-state index in [4.69, 9.17) is 0 Å². The van der Waals surface area contributed by atoms with E-state index in [0.717, 1.165) is 30.7 Å². The third-order valence-electron chi connectivity index (χ3n) is 4.89. The average molecular weight is 307 g/mol. The molecule has 0 N–H and O–H groups in total. The van der Waals surface area contributed by atoms with Gasteiger partial charge in [-0.2, -0.15) is 12.6 Å². The summed E-state index contributed by atoms with van der Waals surface area (Å²) in [5.74, 6) is 1.63. The van der Waals surface area contributed by atoms with Crippen LogP contribution in [0.2, 0.25) is 0 Å². The van der Waals surface area contributed by atoms with Crippen molar-refractivity contribution in [1.82, 2.24) is 4.90 Å². The highest BCUT2D eigenvalue weighted by molar-refractivity contribution is 7.80. The number of thiol groups is 1. The maximum absolute atomic E-state index is 13.2. The molecule has 1 amide bonds. The molecule has 4 heteroatoms. The molecule has 1 aliphatic carbocycles. The van der Waals surface area contributed by atoms with Crippen LogP contribution in [0.5, 0.6) is 0 Å². The quantitative estimate of drug-likeness (QED) is 0.838. The number of halogens is 1. The number of benzene rings is 1. The van der Waals surface area contributed by atoms with Crippen LogP contribution in [0, 0.1) is 17.7 Å². The van der Waals surface area contributed by atoms with E-state index in [-0.39, 0.29) is 17.8 Å². The molecule has 2 nitrogen and oxygen atoms in total. The van der Waals surface area contributed by atoms with Crippen molar-refractivity contribution in [2.75, 3.05) is 12.3 Å². The summed E-state index contributed by atoms with van der Waals surface area (Å²) in [7, 11) is 0. The molecule has 1 aromatic rings. The van der Waals surface area contributed by atoms with Crippen molar-refractivity contribution in [3.8, 4) is 0 Å². The number of rotatable bonds is 4. The summed E-state index contributed by atoms with van der Waals surface area (Å²) in [5, 5.41) is 0. The predicted molar refractivity (Wildman–Crippen MR) is 84.8 cm³/mol. The number of amides is 1. The molecule has 0 spiro atoms. The van der Waals surface area contributed by atoms with Crippen molar-refractivity contribution < 1.29 is 9.18 Å². The van der Waals surface area contributed by atoms with Crippen molar-refractivity contribution in [1.29, 1.82) is 0 Å². The van der Waals surface area contributed by atoms with E-state index >= 15 is 0 Å². The first-order valence-electron chi connectivity index (χ1n) is 7.85. The first kappa shape index (κ1) is 14.9. The number of nitrogens with zero attached hydrogens (tertiary/aromatic N) is 1. The van der Waals surface area contributed by atoms with Gasteiger partial charge in [0.05, 0.1) is 6.04 Å². The van der Waals surface area contributed by atoms with Crippen LogP contribution in [0.25, 0.3) is 0 Å². The summed E-state index contributed by atoms with van der Waals surface area (Å²) < 4.78 is 13.2. The smallest absolute Gasteiger partial charge is 0.223 e. The number of hydrogen-bond acceptors (Lipinski definition) is 2. The van der Waals surface area contributed by atoms with Gasteiger partial charge < -0.3 is 4.90 Å². The van der Waals surface area contributed by atoms with Gasteiger partial charge in [0, 0.05) is 13.0 Å². The fourth-order valence-corrected chi connectivity index (χ4v) is 4.08. The molecular weight excluding hydrogens is 285 g/mol. The Morgan fingerprint density at radius 2 is 1.90 bits per heavy atom. The highest BCUT2D eigenvalue weighted by Crippen LogP contribution is 2.42. The molecule has 21 heavy (non-hydrogen) atoms. The Morgan fingerprint density at radius 3 is 2.48 bits per heavy atom. The highest BCUT2D eigenvalue weighted by atomic mass is 32.1. The van der Waals surface area contributed by atoms with Crippen molar-refractivity contribution in [2.24, 2.45) is 11.8 Å². The highest BCUT2D eigenvalue weighted by Gasteiger charge is 2.38. The minimum absolute atomic E-state index is 0.116. The van der Waals surface area contributed by atoms with Crippen LogP contribution < -0.4 is 0 Å². The first-order chi connectivity index (χ1) is 10.2. The van der Waals surface area contributed by atoms with E-state index in [1.54, 1.807) is 0 Å². The molecule has 1 aromatic carbocycles. The zero-order valence-corrected chi connectivity index (χ0v) is 13.1. The van der Waals surface area contributed by atoms with E-state index in [2.05, 4.69) is 12.6 Å². The summed E-state index contributed by atoms with van der Waals surface area (Å²) in [6.45, 7) is 0.793. The van der Waals surface area contributed by atoms with Gasteiger partial charge in [-0.1, -0.05) is 25.0 Å². The number of hydrogen-bond donors (Lipinski definition) is 1. The lowest BCUT2D eigenvalue weighted by Crippen LogP contribution is -2.34. The molecule has 1 saturated carbocycles. The normalized spacial score (nSPS) is 24.8. The van der Waals surface area contributed by atoms with E-state index in [1.807, 2.05) is 17.0 Å². The van der Waals surface area contributed by atoms with E-state index in [0.29, 0.717) is 18.3 Å². The molecule has 1 aliphatic heterocycles. The lowest BCUT2D eigenvalue weighted by atomic mass is 9.90. The predicted octanol–water partition coefficient (Wildman–Crippen LogP) is 3.84. The second-order valence-electron chi connectivity index (χ2n) is 6.34. The van der Waals surface area contributed by atoms with Gasteiger partial charge in [0.1, 0.15) is 5.82 Å². The summed E-state index contributed by atoms with van der Waals surface area (Å²) >= 11 is 4.35. The minimum Gasteiger partial charge on any atom is -0.335 e. The summed E-state index contributed by atoms with van der Waals surface area (Å²) in [4.78, 5) is 14.4. The van der Waals surface area contributed by atoms with Crippen LogP contribution in [0.1, 0.15) is 43.7 Å². The van der Waals surface area contributed by atoms with Crippen LogP contribution in [-0.2, 0) is 4.79 Å². The third kappa shape index (κ3) is 3.10. The second-order valence-corrected chi connectivity index (χ2v) is 6.70. The topological polar surface area (TPSA) is 20.3 Å². The van der Waals surface area contributed by atoms with Crippen LogP contribution in [0.15, 0.2) is 24.3 Å². The van der Waals surface area contributed by atoms with Crippen molar-refractivity contribution in [3.63, 3.8) is 0 Å².